The van der Waals surface area contributed by atoms with Crippen molar-refractivity contribution in [2.75, 3.05) is 25.5 Å². The van der Waals surface area contributed by atoms with E-state index in [0.717, 1.165) is 26.1 Å². The van der Waals surface area contributed by atoms with E-state index >= 15 is 0 Å². The van der Waals surface area contributed by atoms with E-state index in [2.05, 4.69) is 42.2 Å². The Bertz CT molecular complexity index is 402. The van der Waals surface area contributed by atoms with E-state index in [9.17, 15) is 4.79 Å². The Morgan fingerprint density at radius 1 is 1.26 bits per heavy atom. The van der Waals surface area contributed by atoms with Crippen LogP contribution in [0.3, 0.4) is 0 Å². The van der Waals surface area contributed by atoms with Crippen molar-refractivity contribution in [3.05, 3.63) is 35.9 Å². The molecule has 1 aromatic carbocycles. The fourth-order valence-electron chi connectivity index (χ4n) is 2.58. The van der Waals surface area contributed by atoms with Crippen LogP contribution >= 0.6 is 12.6 Å². The number of carbonyl (C=O) groups excluding carboxylic acids is 1. The summed E-state index contributed by atoms with van der Waals surface area (Å²) in [4.78, 5) is 11.7. The first-order valence-corrected chi connectivity index (χ1v) is 7.41. The quantitative estimate of drug-likeness (QED) is 0.811. The minimum atomic E-state index is 0.0196. The molecular weight excluding hydrogens is 258 g/mol. The Labute approximate surface area is 120 Å². The van der Waals surface area contributed by atoms with Crippen LogP contribution in [-0.2, 0) is 14.9 Å². The van der Waals surface area contributed by atoms with Crippen molar-refractivity contribution in [2.24, 2.45) is 0 Å². The van der Waals surface area contributed by atoms with Crippen LogP contribution in [0.1, 0.15) is 24.8 Å². The molecule has 104 valence electrons. The van der Waals surface area contributed by atoms with Crippen molar-refractivity contribution in [2.45, 2.75) is 24.7 Å². The molecule has 0 unspecified atom stereocenters. The van der Waals surface area contributed by atoms with Crippen LogP contribution in [0.5, 0.6) is 0 Å². The predicted octanol–water partition coefficient (Wildman–Crippen LogP) is 2.17. The van der Waals surface area contributed by atoms with Crippen LogP contribution in [-0.4, -0.2) is 31.4 Å². The van der Waals surface area contributed by atoms with Gasteiger partial charge in [0.15, 0.2) is 0 Å². The first-order valence-electron chi connectivity index (χ1n) is 6.78. The molecule has 3 nitrogen and oxygen atoms in total. The van der Waals surface area contributed by atoms with Gasteiger partial charge in [-0.2, -0.15) is 12.6 Å². The summed E-state index contributed by atoms with van der Waals surface area (Å²) in [7, 11) is 0. The molecule has 0 aliphatic carbocycles. The van der Waals surface area contributed by atoms with Crippen LogP contribution in [0.4, 0.5) is 0 Å². The Morgan fingerprint density at radius 2 is 1.95 bits per heavy atom. The number of amides is 1. The number of thiol groups is 1. The summed E-state index contributed by atoms with van der Waals surface area (Å²) < 4.78 is 5.48. The van der Waals surface area contributed by atoms with Gasteiger partial charge in [0.05, 0.1) is 0 Å². The third kappa shape index (κ3) is 3.74. The molecule has 1 aliphatic heterocycles. The van der Waals surface area contributed by atoms with Crippen molar-refractivity contribution in [1.82, 2.24) is 5.32 Å². The number of hydrogen-bond acceptors (Lipinski definition) is 3. The zero-order valence-electron chi connectivity index (χ0n) is 11.1. The van der Waals surface area contributed by atoms with E-state index in [1.165, 1.54) is 5.56 Å². The Morgan fingerprint density at radius 3 is 2.58 bits per heavy atom. The molecule has 1 heterocycles. The van der Waals surface area contributed by atoms with Gasteiger partial charge >= 0.3 is 0 Å². The average molecular weight is 279 g/mol. The third-order valence-electron chi connectivity index (χ3n) is 3.80. The van der Waals surface area contributed by atoms with Gasteiger partial charge in [0.1, 0.15) is 0 Å². The van der Waals surface area contributed by atoms with Crippen molar-refractivity contribution in [1.29, 1.82) is 0 Å². The molecule has 0 aromatic heterocycles. The number of ether oxygens (including phenoxy) is 1. The lowest BCUT2D eigenvalue weighted by molar-refractivity contribution is -0.121. The molecule has 4 heteroatoms. The first kappa shape index (κ1) is 14.4. The van der Waals surface area contributed by atoms with Gasteiger partial charge in [0, 0.05) is 31.6 Å². The minimum absolute atomic E-state index is 0.0196. The lowest BCUT2D eigenvalue weighted by Gasteiger charge is -2.38. The van der Waals surface area contributed by atoms with E-state index in [0.29, 0.717) is 18.7 Å². The fourth-order valence-corrected chi connectivity index (χ4v) is 2.78. The van der Waals surface area contributed by atoms with Gasteiger partial charge in [-0.15, -0.1) is 0 Å². The zero-order valence-corrected chi connectivity index (χ0v) is 12.0. The second-order valence-corrected chi connectivity index (χ2v) is 5.46. The normalized spacial score (nSPS) is 17.9. The summed E-state index contributed by atoms with van der Waals surface area (Å²) >= 11 is 4.09. The molecular formula is C15H21NO2S. The largest absolute Gasteiger partial charge is 0.381 e. The Kier molecular flexibility index (Phi) is 5.28. The SMILES string of the molecule is O=C(CCS)NCC1(c2ccccc2)CCOCC1. The summed E-state index contributed by atoms with van der Waals surface area (Å²) in [6.45, 7) is 2.21. The molecule has 0 atom stereocenters. The van der Waals surface area contributed by atoms with E-state index in [1.54, 1.807) is 0 Å². The first-order chi connectivity index (χ1) is 9.27. The Balaban J connectivity index is 2.09. The van der Waals surface area contributed by atoms with Gasteiger partial charge in [0.2, 0.25) is 5.91 Å². The van der Waals surface area contributed by atoms with Crippen LogP contribution in [0, 0.1) is 0 Å². The highest BCUT2D eigenvalue weighted by molar-refractivity contribution is 7.80. The second-order valence-electron chi connectivity index (χ2n) is 5.01. The minimum Gasteiger partial charge on any atom is -0.381 e. The molecule has 0 radical (unpaired) electrons. The fraction of sp³-hybridized carbons (Fsp3) is 0.533. The molecule has 1 aliphatic rings. The maximum atomic E-state index is 11.7. The smallest absolute Gasteiger partial charge is 0.220 e. The number of nitrogens with one attached hydrogen (secondary N) is 1. The molecule has 1 amide bonds. The van der Waals surface area contributed by atoms with E-state index in [4.69, 9.17) is 4.74 Å². The van der Waals surface area contributed by atoms with Crippen molar-refractivity contribution in [3.8, 4) is 0 Å². The van der Waals surface area contributed by atoms with E-state index in [1.807, 2.05) is 6.07 Å². The summed E-state index contributed by atoms with van der Waals surface area (Å²) in [5, 5.41) is 3.05. The van der Waals surface area contributed by atoms with Crippen molar-refractivity contribution >= 4 is 18.5 Å². The second kappa shape index (κ2) is 6.96. The lowest BCUT2D eigenvalue weighted by Crippen LogP contribution is -2.44. The van der Waals surface area contributed by atoms with E-state index in [-0.39, 0.29) is 11.3 Å². The lowest BCUT2D eigenvalue weighted by atomic mass is 9.74. The van der Waals surface area contributed by atoms with Gasteiger partial charge in [-0.25, -0.2) is 0 Å². The van der Waals surface area contributed by atoms with Crippen molar-refractivity contribution in [3.63, 3.8) is 0 Å². The third-order valence-corrected chi connectivity index (χ3v) is 4.02. The van der Waals surface area contributed by atoms with Gasteiger partial charge in [-0.3, -0.25) is 4.79 Å². The number of hydrogen-bond donors (Lipinski definition) is 2. The molecule has 1 fully saturated rings. The van der Waals surface area contributed by atoms with Gasteiger partial charge in [-0.05, 0) is 24.2 Å². The molecule has 0 bridgehead atoms. The van der Waals surface area contributed by atoms with Gasteiger partial charge < -0.3 is 10.1 Å². The summed E-state index contributed by atoms with van der Waals surface area (Å²) in [5.41, 5.74) is 1.32. The molecule has 2 rings (SSSR count). The maximum absolute atomic E-state index is 11.7. The molecule has 19 heavy (non-hydrogen) atoms. The number of rotatable bonds is 5. The predicted molar refractivity (Wildman–Crippen MR) is 79.7 cm³/mol. The maximum Gasteiger partial charge on any atom is 0.220 e. The van der Waals surface area contributed by atoms with Crippen LogP contribution in [0.2, 0.25) is 0 Å². The van der Waals surface area contributed by atoms with Gasteiger partial charge in [0.25, 0.3) is 0 Å². The highest BCUT2D eigenvalue weighted by Crippen LogP contribution is 2.34. The average Bonchev–Trinajstić information content (AvgIpc) is 2.47. The number of benzene rings is 1. The zero-order chi connectivity index (χ0) is 13.6. The molecule has 1 aromatic rings. The van der Waals surface area contributed by atoms with Crippen LogP contribution in [0.25, 0.3) is 0 Å². The standard InChI is InChI=1S/C15H21NO2S/c17-14(6-11-19)16-12-15(7-9-18-10-8-15)13-4-2-1-3-5-13/h1-5,19H,6-12H2,(H,16,17). The highest BCUT2D eigenvalue weighted by Gasteiger charge is 2.34. The monoisotopic (exact) mass is 279 g/mol. The molecule has 0 saturated carbocycles. The van der Waals surface area contributed by atoms with Crippen LogP contribution < -0.4 is 5.32 Å². The molecule has 1 saturated heterocycles. The van der Waals surface area contributed by atoms with Crippen molar-refractivity contribution < 1.29 is 9.53 Å². The summed E-state index contributed by atoms with van der Waals surface area (Å²) in [6, 6.07) is 10.4. The highest BCUT2D eigenvalue weighted by atomic mass is 32.1. The van der Waals surface area contributed by atoms with Gasteiger partial charge in [-0.1, -0.05) is 30.3 Å². The molecule has 1 N–H and O–H groups in total. The number of carbonyl (C=O) groups is 1. The van der Waals surface area contributed by atoms with Crippen LogP contribution in [0.15, 0.2) is 30.3 Å². The summed E-state index contributed by atoms with van der Waals surface area (Å²) in [5.74, 6) is 0.671. The topological polar surface area (TPSA) is 38.3 Å². The molecule has 0 spiro atoms. The summed E-state index contributed by atoms with van der Waals surface area (Å²) in [6.07, 6.45) is 2.39. The Hall–Kier alpha value is -1.00. The van der Waals surface area contributed by atoms with E-state index < -0.39 is 0 Å².